The monoisotopic (exact) mass is 355 g/mol. The largest absolute Gasteiger partial charge is 0.462 e. The zero-order chi connectivity index (χ0) is 15.9. The molecule has 1 heterocycles. The summed E-state index contributed by atoms with van der Waals surface area (Å²) in [6, 6.07) is 8.77. The molecule has 21 heavy (non-hydrogen) atoms. The van der Waals surface area contributed by atoms with Crippen molar-refractivity contribution in [1.29, 1.82) is 0 Å². The molecule has 4 heteroatoms. The highest BCUT2D eigenvalue weighted by Crippen LogP contribution is 2.33. The summed E-state index contributed by atoms with van der Waals surface area (Å²) in [5, 5.41) is 3.41. The van der Waals surface area contributed by atoms with Crippen LogP contribution in [0.1, 0.15) is 46.1 Å². The van der Waals surface area contributed by atoms with E-state index in [-0.39, 0.29) is 5.60 Å². The van der Waals surface area contributed by atoms with Gasteiger partial charge in [-0.3, -0.25) is 4.79 Å². The first-order chi connectivity index (χ1) is 9.77. The summed E-state index contributed by atoms with van der Waals surface area (Å²) in [6.07, 6.45) is 2.49. The number of hydrogen-bond acceptors (Lipinski definition) is 3. The quantitative estimate of drug-likeness (QED) is 0.813. The maximum atomic E-state index is 9.60. The van der Waals surface area contributed by atoms with Crippen LogP contribution in [0.5, 0.6) is 0 Å². The van der Waals surface area contributed by atoms with Crippen molar-refractivity contribution in [1.82, 2.24) is 5.32 Å². The minimum absolute atomic E-state index is 0.318. The number of hydrogen-bond donors (Lipinski definition) is 1. The Labute approximate surface area is 136 Å². The van der Waals surface area contributed by atoms with Gasteiger partial charge >= 0.3 is 0 Å². The first-order valence-electron chi connectivity index (χ1n) is 7.35. The van der Waals surface area contributed by atoms with E-state index in [0.29, 0.717) is 11.9 Å². The van der Waals surface area contributed by atoms with E-state index in [4.69, 9.17) is 0 Å². The fourth-order valence-corrected chi connectivity index (χ4v) is 2.53. The third-order valence-electron chi connectivity index (χ3n) is 3.65. The van der Waals surface area contributed by atoms with Crippen LogP contribution in [0, 0.1) is 0 Å². The second kappa shape index (κ2) is 7.95. The van der Waals surface area contributed by atoms with Gasteiger partial charge in [0, 0.05) is 4.47 Å². The van der Waals surface area contributed by atoms with Crippen molar-refractivity contribution in [2.45, 2.75) is 51.6 Å². The van der Waals surface area contributed by atoms with E-state index < -0.39 is 0 Å². The van der Waals surface area contributed by atoms with Gasteiger partial charge in [-0.2, -0.15) is 0 Å². The van der Waals surface area contributed by atoms with Gasteiger partial charge in [0.25, 0.3) is 6.47 Å². The Morgan fingerprint density at radius 2 is 1.71 bits per heavy atom. The molecule has 0 atom stereocenters. The highest BCUT2D eigenvalue weighted by molar-refractivity contribution is 9.10. The summed E-state index contributed by atoms with van der Waals surface area (Å²) in [7, 11) is 0. The van der Waals surface area contributed by atoms with Gasteiger partial charge in [-0.25, -0.2) is 0 Å². The van der Waals surface area contributed by atoms with Crippen molar-refractivity contribution in [3.63, 3.8) is 0 Å². The first kappa shape index (κ1) is 18.2. The van der Waals surface area contributed by atoms with E-state index in [1.807, 2.05) is 20.8 Å². The van der Waals surface area contributed by atoms with Crippen LogP contribution in [0.3, 0.4) is 0 Å². The summed E-state index contributed by atoms with van der Waals surface area (Å²) in [5.74, 6) is 0. The highest BCUT2D eigenvalue weighted by Gasteiger charge is 2.28. The van der Waals surface area contributed by atoms with Gasteiger partial charge in [0.2, 0.25) is 0 Å². The number of rotatable bonds is 2. The smallest absolute Gasteiger partial charge is 0.293 e. The molecule has 1 saturated heterocycles. The maximum absolute atomic E-state index is 9.60. The molecule has 1 aliphatic rings. The molecular formula is C17H26BrNO2. The average molecular weight is 356 g/mol. The minimum Gasteiger partial charge on any atom is -0.462 e. The number of carbonyl (C=O) groups is 1. The molecule has 3 nitrogen and oxygen atoms in total. The van der Waals surface area contributed by atoms with Gasteiger partial charge in [-0.15, -0.1) is 0 Å². The van der Waals surface area contributed by atoms with E-state index in [9.17, 15) is 4.79 Å². The Balaban J connectivity index is 0.000000270. The van der Waals surface area contributed by atoms with Gasteiger partial charge < -0.3 is 10.1 Å². The molecule has 118 valence electrons. The van der Waals surface area contributed by atoms with Crippen molar-refractivity contribution in [2.75, 3.05) is 13.1 Å². The Bertz CT molecular complexity index is 431. The predicted molar refractivity (Wildman–Crippen MR) is 90.5 cm³/mol. The molecule has 1 aromatic rings. The Morgan fingerprint density at radius 3 is 2.10 bits per heavy atom. The number of ether oxygens (including phenoxy) is 1. The molecule has 0 amide bonds. The molecule has 1 aliphatic heterocycles. The fourth-order valence-electron chi connectivity index (χ4n) is 2.26. The van der Waals surface area contributed by atoms with Crippen LogP contribution in [0.4, 0.5) is 0 Å². The van der Waals surface area contributed by atoms with Crippen LogP contribution in [0.15, 0.2) is 28.7 Å². The Kier molecular flexibility index (Phi) is 6.88. The van der Waals surface area contributed by atoms with Crippen LogP contribution in [0.2, 0.25) is 0 Å². The van der Waals surface area contributed by atoms with Gasteiger partial charge in [-0.1, -0.05) is 35.0 Å². The summed E-state index contributed by atoms with van der Waals surface area (Å²) < 4.78 is 5.71. The van der Waals surface area contributed by atoms with E-state index >= 15 is 0 Å². The molecular weight excluding hydrogens is 330 g/mol. The summed E-state index contributed by atoms with van der Waals surface area (Å²) >= 11 is 3.47. The van der Waals surface area contributed by atoms with Crippen molar-refractivity contribution in [3.8, 4) is 0 Å². The molecule has 1 N–H and O–H groups in total. The average Bonchev–Trinajstić information content (AvgIpc) is 2.39. The lowest BCUT2D eigenvalue weighted by atomic mass is 9.75. The maximum Gasteiger partial charge on any atom is 0.293 e. The number of nitrogens with one attached hydrogen (secondary N) is 1. The van der Waals surface area contributed by atoms with E-state index in [1.54, 1.807) is 0 Å². The molecule has 2 rings (SSSR count). The number of halogens is 1. The van der Waals surface area contributed by atoms with E-state index in [0.717, 1.165) is 13.1 Å². The molecule has 0 bridgehead atoms. The number of piperidine rings is 1. The van der Waals surface area contributed by atoms with Gasteiger partial charge in [-0.05, 0) is 69.8 Å². The normalized spacial score (nSPS) is 17.4. The molecule has 0 unspecified atom stereocenters. The minimum atomic E-state index is -0.318. The zero-order valence-electron chi connectivity index (χ0n) is 13.4. The van der Waals surface area contributed by atoms with Gasteiger partial charge in [0.05, 0.1) is 0 Å². The summed E-state index contributed by atoms with van der Waals surface area (Å²) in [4.78, 5) is 9.60. The van der Waals surface area contributed by atoms with Crippen LogP contribution < -0.4 is 5.32 Å². The van der Waals surface area contributed by atoms with Crippen LogP contribution in [-0.2, 0) is 14.9 Å². The van der Waals surface area contributed by atoms with Gasteiger partial charge in [0.15, 0.2) is 0 Å². The molecule has 0 aliphatic carbocycles. The fraction of sp³-hybridized carbons (Fsp3) is 0.588. The molecule has 0 spiro atoms. The lowest BCUT2D eigenvalue weighted by molar-refractivity contribution is -0.138. The summed E-state index contributed by atoms with van der Waals surface area (Å²) in [5.41, 5.74) is 1.54. The molecule has 0 radical (unpaired) electrons. The second-order valence-corrected chi connectivity index (χ2v) is 7.56. The molecule has 0 aromatic heterocycles. The number of carbonyl (C=O) groups excluding carboxylic acids is 1. The van der Waals surface area contributed by atoms with E-state index in [2.05, 4.69) is 57.2 Å². The molecule has 1 aromatic carbocycles. The van der Waals surface area contributed by atoms with Gasteiger partial charge in [0.1, 0.15) is 5.60 Å². The molecule has 1 fully saturated rings. The van der Waals surface area contributed by atoms with Crippen molar-refractivity contribution < 1.29 is 9.53 Å². The zero-order valence-corrected chi connectivity index (χ0v) is 15.0. The second-order valence-electron chi connectivity index (χ2n) is 6.64. The van der Waals surface area contributed by atoms with E-state index in [1.165, 1.54) is 22.9 Å². The van der Waals surface area contributed by atoms with Crippen molar-refractivity contribution >= 4 is 22.4 Å². The first-order valence-corrected chi connectivity index (χ1v) is 8.14. The standard InChI is InChI=1S/C12H16BrN.C5H10O2/c1-12(6-8-14-9-7-12)10-2-4-11(13)5-3-10;1-5(2,3)7-4-6/h2-5,14H,6-9H2,1H3;4H,1-3H3. The third-order valence-corrected chi connectivity index (χ3v) is 4.18. The lowest BCUT2D eigenvalue weighted by Crippen LogP contribution is -2.37. The number of benzene rings is 1. The SMILES string of the molecule is CC(C)(C)OC=O.CC1(c2ccc(Br)cc2)CCNCC1. The van der Waals surface area contributed by atoms with Crippen LogP contribution in [-0.4, -0.2) is 25.2 Å². The Hall–Kier alpha value is -0.870. The van der Waals surface area contributed by atoms with Crippen LogP contribution >= 0.6 is 15.9 Å². The Morgan fingerprint density at radius 1 is 1.19 bits per heavy atom. The highest BCUT2D eigenvalue weighted by atomic mass is 79.9. The van der Waals surface area contributed by atoms with Crippen molar-refractivity contribution in [2.24, 2.45) is 0 Å². The lowest BCUT2D eigenvalue weighted by Gasteiger charge is -2.34. The predicted octanol–water partition coefficient (Wildman–Crippen LogP) is 4.05. The topological polar surface area (TPSA) is 38.3 Å². The third kappa shape index (κ3) is 6.62. The summed E-state index contributed by atoms with van der Waals surface area (Å²) in [6.45, 7) is 10.6. The molecule has 0 saturated carbocycles. The van der Waals surface area contributed by atoms with Crippen molar-refractivity contribution in [3.05, 3.63) is 34.3 Å². The van der Waals surface area contributed by atoms with Crippen LogP contribution in [0.25, 0.3) is 0 Å².